The molecule has 3 heteroatoms. The predicted molar refractivity (Wildman–Crippen MR) is 84.8 cm³/mol. The molecule has 1 aromatic rings. The van der Waals surface area contributed by atoms with Crippen LogP contribution in [0.4, 0.5) is 5.69 Å². The summed E-state index contributed by atoms with van der Waals surface area (Å²) in [5, 5.41) is 1.22. The SMILES string of the molecule is CCN1C(=CC=C2C=CC(=O)C=C2)Sc2ccccc21. The van der Waals surface area contributed by atoms with E-state index in [9.17, 15) is 4.79 Å². The third-order valence-corrected chi connectivity index (χ3v) is 4.38. The van der Waals surface area contributed by atoms with Crippen molar-refractivity contribution in [1.82, 2.24) is 0 Å². The molecule has 1 heterocycles. The number of fused-ring (bicyclic) bond motifs is 1. The van der Waals surface area contributed by atoms with E-state index in [4.69, 9.17) is 0 Å². The highest BCUT2D eigenvalue weighted by Gasteiger charge is 2.22. The van der Waals surface area contributed by atoms with Gasteiger partial charge in [-0.25, -0.2) is 0 Å². The summed E-state index contributed by atoms with van der Waals surface area (Å²) in [6.45, 7) is 3.10. The first-order chi connectivity index (χ1) is 9.78. The second kappa shape index (κ2) is 5.55. The molecule has 20 heavy (non-hydrogen) atoms. The van der Waals surface area contributed by atoms with Crippen molar-refractivity contribution in [2.24, 2.45) is 0 Å². The summed E-state index contributed by atoms with van der Waals surface area (Å²) in [6, 6.07) is 8.44. The van der Waals surface area contributed by atoms with Crippen molar-refractivity contribution >= 4 is 23.2 Å². The van der Waals surface area contributed by atoms with E-state index >= 15 is 0 Å². The molecule has 0 atom stereocenters. The molecule has 0 amide bonds. The first-order valence-corrected chi connectivity index (χ1v) is 7.46. The van der Waals surface area contributed by atoms with E-state index in [2.05, 4.69) is 48.2 Å². The number of carbonyl (C=O) groups excluding carboxylic acids is 1. The molecule has 1 aromatic carbocycles. The molecular weight excluding hydrogens is 266 g/mol. The maximum atomic E-state index is 11.1. The van der Waals surface area contributed by atoms with Crippen LogP contribution in [0, 0.1) is 0 Å². The highest BCUT2D eigenvalue weighted by molar-refractivity contribution is 8.03. The van der Waals surface area contributed by atoms with E-state index in [1.807, 2.05) is 12.2 Å². The second-order valence-corrected chi connectivity index (χ2v) is 5.62. The zero-order chi connectivity index (χ0) is 13.9. The van der Waals surface area contributed by atoms with Gasteiger partial charge in [0.15, 0.2) is 5.78 Å². The first kappa shape index (κ1) is 13.0. The molecule has 0 aromatic heterocycles. The van der Waals surface area contributed by atoms with Crippen LogP contribution in [0.2, 0.25) is 0 Å². The lowest BCUT2D eigenvalue weighted by molar-refractivity contribution is -0.110. The zero-order valence-corrected chi connectivity index (χ0v) is 12.1. The fraction of sp³-hybridized carbons (Fsp3) is 0.118. The molecule has 100 valence electrons. The Morgan fingerprint density at radius 2 is 1.85 bits per heavy atom. The van der Waals surface area contributed by atoms with Crippen molar-refractivity contribution in [1.29, 1.82) is 0 Å². The number of ketones is 1. The van der Waals surface area contributed by atoms with Gasteiger partial charge >= 0.3 is 0 Å². The molecule has 0 spiro atoms. The van der Waals surface area contributed by atoms with Crippen LogP contribution in [-0.2, 0) is 4.79 Å². The summed E-state index contributed by atoms with van der Waals surface area (Å²) >= 11 is 1.79. The van der Waals surface area contributed by atoms with E-state index < -0.39 is 0 Å². The maximum absolute atomic E-state index is 11.1. The molecule has 0 fully saturated rings. The van der Waals surface area contributed by atoms with Crippen LogP contribution < -0.4 is 4.90 Å². The fourth-order valence-corrected chi connectivity index (χ4v) is 3.38. The van der Waals surface area contributed by atoms with Gasteiger partial charge in [0.25, 0.3) is 0 Å². The Hall–Kier alpha value is -2.00. The van der Waals surface area contributed by atoms with Gasteiger partial charge < -0.3 is 4.90 Å². The minimum atomic E-state index is 0.0487. The zero-order valence-electron chi connectivity index (χ0n) is 11.2. The maximum Gasteiger partial charge on any atom is 0.178 e. The largest absolute Gasteiger partial charge is 0.335 e. The second-order valence-electron chi connectivity index (χ2n) is 4.55. The lowest BCUT2D eigenvalue weighted by Gasteiger charge is -2.17. The van der Waals surface area contributed by atoms with Gasteiger partial charge in [-0.1, -0.05) is 42.1 Å². The van der Waals surface area contributed by atoms with Crippen LogP contribution in [-0.4, -0.2) is 12.3 Å². The molecule has 3 rings (SSSR count). The predicted octanol–water partition coefficient (Wildman–Crippen LogP) is 4.08. The van der Waals surface area contributed by atoms with E-state index in [-0.39, 0.29) is 5.78 Å². The molecule has 2 aliphatic rings. The highest BCUT2D eigenvalue weighted by Crippen LogP contribution is 2.45. The monoisotopic (exact) mass is 281 g/mol. The Bertz CT molecular complexity index is 649. The van der Waals surface area contributed by atoms with Gasteiger partial charge in [0.05, 0.1) is 10.7 Å². The van der Waals surface area contributed by atoms with Gasteiger partial charge in [-0.3, -0.25) is 4.79 Å². The number of hydrogen-bond donors (Lipinski definition) is 0. The number of allylic oxidation sites excluding steroid dienone is 7. The van der Waals surface area contributed by atoms with Crippen LogP contribution >= 0.6 is 11.8 Å². The molecule has 0 bridgehead atoms. The number of carbonyl (C=O) groups is 1. The molecule has 1 aliphatic carbocycles. The van der Waals surface area contributed by atoms with Gasteiger partial charge in [-0.2, -0.15) is 0 Å². The van der Waals surface area contributed by atoms with Crippen LogP contribution in [0.25, 0.3) is 0 Å². The summed E-state index contributed by atoms with van der Waals surface area (Å²) in [5.74, 6) is 0.0487. The Balaban J connectivity index is 1.87. The first-order valence-electron chi connectivity index (χ1n) is 6.64. The van der Waals surface area contributed by atoms with Crippen molar-refractivity contribution in [3.05, 3.63) is 71.3 Å². The van der Waals surface area contributed by atoms with Crippen LogP contribution in [0.15, 0.2) is 76.2 Å². The average Bonchev–Trinajstić information content (AvgIpc) is 2.84. The number of nitrogens with zero attached hydrogens (tertiary/aromatic N) is 1. The summed E-state index contributed by atoms with van der Waals surface area (Å²) < 4.78 is 0. The van der Waals surface area contributed by atoms with Crippen LogP contribution in [0.3, 0.4) is 0 Å². The van der Waals surface area contributed by atoms with Gasteiger partial charge in [0.2, 0.25) is 0 Å². The molecule has 1 aliphatic heterocycles. The number of rotatable bonds is 2. The van der Waals surface area contributed by atoms with Gasteiger partial charge in [-0.15, -0.1) is 0 Å². The molecule has 0 saturated carbocycles. The van der Waals surface area contributed by atoms with Gasteiger partial charge in [0, 0.05) is 11.4 Å². The van der Waals surface area contributed by atoms with Gasteiger partial charge in [-0.05, 0) is 42.9 Å². The van der Waals surface area contributed by atoms with Crippen molar-refractivity contribution in [3.63, 3.8) is 0 Å². The minimum Gasteiger partial charge on any atom is -0.335 e. The molecule has 0 N–H and O–H groups in total. The highest BCUT2D eigenvalue weighted by atomic mass is 32.2. The van der Waals surface area contributed by atoms with Crippen molar-refractivity contribution in [3.8, 4) is 0 Å². The van der Waals surface area contributed by atoms with Gasteiger partial charge in [0.1, 0.15) is 0 Å². The standard InChI is InChI=1S/C17H15NOS/c1-2-18-15-5-3-4-6-16(15)20-17(18)12-9-13-7-10-14(19)11-8-13/h3-12H,2H2,1H3. The Labute approximate surface area is 123 Å². The van der Waals surface area contributed by atoms with E-state index in [1.165, 1.54) is 15.6 Å². The third kappa shape index (κ3) is 2.49. The van der Waals surface area contributed by atoms with Crippen LogP contribution in [0.5, 0.6) is 0 Å². The van der Waals surface area contributed by atoms with E-state index in [0.29, 0.717) is 0 Å². The number of anilines is 1. The third-order valence-electron chi connectivity index (χ3n) is 3.25. The van der Waals surface area contributed by atoms with E-state index in [1.54, 1.807) is 23.9 Å². The number of hydrogen-bond acceptors (Lipinski definition) is 3. The topological polar surface area (TPSA) is 20.3 Å². The summed E-state index contributed by atoms with van der Waals surface area (Å²) in [4.78, 5) is 14.7. The molecule has 0 unspecified atom stereocenters. The molecule has 0 saturated heterocycles. The quantitative estimate of drug-likeness (QED) is 0.814. The molecule has 2 nitrogen and oxygen atoms in total. The normalized spacial score (nSPS) is 18.9. The van der Waals surface area contributed by atoms with Crippen molar-refractivity contribution in [2.45, 2.75) is 11.8 Å². The lowest BCUT2D eigenvalue weighted by atomic mass is 10.1. The minimum absolute atomic E-state index is 0.0487. The lowest BCUT2D eigenvalue weighted by Crippen LogP contribution is -2.16. The fourth-order valence-electron chi connectivity index (χ4n) is 2.25. The van der Waals surface area contributed by atoms with Crippen molar-refractivity contribution < 1.29 is 4.79 Å². The summed E-state index contributed by atoms with van der Waals surface area (Å²) in [5.41, 5.74) is 2.32. The summed E-state index contributed by atoms with van der Waals surface area (Å²) in [7, 11) is 0. The smallest absolute Gasteiger partial charge is 0.178 e. The summed E-state index contributed by atoms with van der Waals surface area (Å²) in [6.07, 6.45) is 11.1. The van der Waals surface area contributed by atoms with Crippen molar-refractivity contribution in [2.75, 3.05) is 11.4 Å². The average molecular weight is 281 g/mol. The Morgan fingerprint density at radius 1 is 1.10 bits per heavy atom. The molecule has 0 radical (unpaired) electrons. The van der Waals surface area contributed by atoms with Crippen LogP contribution in [0.1, 0.15) is 6.92 Å². The van der Waals surface area contributed by atoms with E-state index in [0.717, 1.165) is 12.1 Å². The number of thioether (sulfide) groups is 1. The molecular formula is C17H15NOS. The Morgan fingerprint density at radius 3 is 2.60 bits per heavy atom. The number of para-hydroxylation sites is 1. The Kier molecular flexibility index (Phi) is 3.61. The number of benzene rings is 1.